The second-order valence-corrected chi connectivity index (χ2v) is 7.12. The molecule has 2 N–H and O–H groups in total. The van der Waals surface area contributed by atoms with E-state index in [-0.39, 0.29) is 24.3 Å². The van der Waals surface area contributed by atoms with Gasteiger partial charge in [-0.05, 0) is 38.3 Å². The summed E-state index contributed by atoms with van der Waals surface area (Å²) >= 11 is 2.37. The third-order valence-electron chi connectivity index (χ3n) is 4.21. The zero-order chi connectivity index (χ0) is 12.0. The van der Waals surface area contributed by atoms with Crippen molar-refractivity contribution in [2.45, 2.75) is 48.6 Å². The van der Waals surface area contributed by atoms with Crippen molar-refractivity contribution in [3.05, 3.63) is 0 Å². The minimum absolute atomic E-state index is 0.00460. The van der Waals surface area contributed by atoms with Crippen molar-refractivity contribution in [3.8, 4) is 0 Å². The largest absolute Gasteiger partial charge is 0.327 e. The monoisotopic (exact) mass is 344 g/mol. The lowest BCUT2D eigenvalue weighted by molar-refractivity contribution is -0.0134. The molecular formula is C11H19F2IN2. The Hall–Kier alpha value is 0.510. The van der Waals surface area contributed by atoms with E-state index in [0.29, 0.717) is 4.05 Å². The maximum atomic E-state index is 13.4. The van der Waals surface area contributed by atoms with E-state index in [1.54, 1.807) is 0 Å². The van der Waals surface area contributed by atoms with E-state index in [4.69, 9.17) is 5.73 Å². The molecule has 0 amide bonds. The van der Waals surface area contributed by atoms with E-state index < -0.39 is 5.92 Å². The van der Waals surface area contributed by atoms with Crippen molar-refractivity contribution in [1.82, 2.24) is 4.90 Å². The Labute approximate surface area is 109 Å². The smallest absolute Gasteiger partial charge is 0.250 e. The molecule has 2 fully saturated rings. The van der Waals surface area contributed by atoms with E-state index >= 15 is 0 Å². The number of rotatable bonds is 1. The number of hydrogen-bond acceptors (Lipinski definition) is 2. The first-order chi connectivity index (χ1) is 7.35. The van der Waals surface area contributed by atoms with Crippen LogP contribution in [0.25, 0.3) is 0 Å². The first kappa shape index (κ1) is 13.0. The van der Waals surface area contributed by atoms with Crippen LogP contribution in [0.5, 0.6) is 0 Å². The Morgan fingerprint density at radius 3 is 2.31 bits per heavy atom. The minimum Gasteiger partial charge on any atom is -0.327 e. The van der Waals surface area contributed by atoms with Gasteiger partial charge in [0.1, 0.15) is 0 Å². The normalized spacial score (nSPS) is 35.4. The zero-order valence-electron chi connectivity index (χ0n) is 9.56. The molecule has 1 aliphatic heterocycles. The topological polar surface area (TPSA) is 29.3 Å². The zero-order valence-corrected chi connectivity index (χ0v) is 11.7. The lowest BCUT2D eigenvalue weighted by atomic mass is 9.74. The van der Waals surface area contributed by atoms with Crippen molar-refractivity contribution >= 4 is 22.6 Å². The van der Waals surface area contributed by atoms with Crippen molar-refractivity contribution in [2.24, 2.45) is 11.1 Å². The summed E-state index contributed by atoms with van der Waals surface area (Å²) in [6.07, 6.45) is 1.55. The van der Waals surface area contributed by atoms with E-state index in [0.717, 1.165) is 25.9 Å². The standard InChI is InChI=1S/C11H19F2IN2/c1-8(14)16-4-2-10(3-5-16)7-11(12,13)6-9(10)15/h8-9H,2-7,15H2,1H3/t8?,9-/m1/s1. The molecule has 1 heterocycles. The summed E-state index contributed by atoms with van der Waals surface area (Å²) in [5.74, 6) is -2.53. The number of hydrogen-bond donors (Lipinski definition) is 1. The van der Waals surface area contributed by atoms with Crippen molar-refractivity contribution < 1.29 is 8.78 Å². The summed E-state index contributed by atoms with van der Waals surface area (Å²) in [6.45, 7) is 3.96. The van der Waals surface area contributed by atoms with Crippen molar-refractivity contribution in [2.75, 3.05) is 13.1 Å². The van der Waals surface area contributed by atoms with Gasteiger partial charge >= 0.3 is 0 Å². The molecule has 2 nitrogen and oxygen atoms in total. The molecule has 0 aromatic carbocycles. The molecule has 2 atom stereocenters. The molecule has 0 aromatic heterocycles. The van der Waals surface area contributed by atoms with Crippen molar-refractivity contribution in [3.63, 3.8) is 0 Å². The van der Waals surface area contributed by atoms with Crippen LogP contribution in [-0.4, -0.2) is 34.0 Å². The molecule has 16 heavy (non-hydrogen) atoms. The van der Waals surface area contributed by atoms with E-state index in [1.165, 1.54) is 0 Å². The molecule has 94 valence electrons. The molecule has 5 heteroatoms. The van der Waals surface area contributed by atoms with E-state index in [1.807, 2.05) is 0 Å². The predicted octanol–water partition coefficient (Wildman–Crippen LogP) is 2.61. The fourth-order valence-corrected chi connectivity index (χ4v) is 3.69. The summed E-state index contributed by atoms with van der Waals surface area (Å²) in [7, 11) is 0. The second-order valence-electron chi connectivity index (χ2n) is 5.32. The Bertz CT molecular complexity index is 263. The van der Waals surface area contributed by atoms with Crippen LogP contribution in [0.3, 0.4) is 0 Å². The molecule has 1 unspecified atom stereocenters. The van der Waals surface area contributed by atoms with Gasteiger partial charge in [-0.15, -0.1) is 0 Å². The quantitative estimate of drug-likeness (QED) is 0.450. The van der Waals surface area contributed by atoms with E-state index in [9.17, 15) is 8.78 Å². The number of nitrogens with zero attached hydrogens (tertiary/aromatic N) is 1. The van der Waals surface area contributed by atoms with Crippen LogP contribution >= 0.6 is 22.6 Å². The number of nitrogens with two attached hydrogens (primary N) is 1. The third kappa shape index (κ3) is 2.36. The Kier molecular flexibility index (Phi) is 3.49. The number of likely N-dealkylation sites (tertiary alicyclic amines) is 1. The lowest BCUT2D eigenvalue weighted by Crippen LogP contribution is -2.48. The van der Waals surface area contributed by atoms with Crippen molar-refractivity contribution in [1.29, 1.82) is 0 Å². The predicted molar refractivity (Wildman–Crippen MR) is 68.9 cm³/mol. The van der Waals surface area contributed by atoms with Crippen LogP contribution in [0, 0.1) is 5.41 Å². The Balaban J connectivity index is 2.02. The Morgan fingerprint density at radius 1 is 1.38 bits per heavy atom. The summed E-state index contributed by atoms with van der Waals surface area (Å²) in [6, 6.07) is -0.311. The SMILES string of the molecule is CC(I)N1CCC2(CC1)CC(F)(F)C[C@H]2N. The summed E-state index contributed by atoms with van der Waals surface area (Å²) in [4.78, 5) is 2.34. The fraction of sp³-hybridized carbons (Fsp3) is 1.00. The molecule has 0 aromatic rings. The maximum Gasteiger partial charge on any atom is 0.250 e. The molecule has 0 radical (unpaired) electrons. The van der Waals surface area contributed by atoms with Gasteiger partial charge in [0.2, 0.25) is 5.92 Å². The van der Waals surface area contributed by atoms with Crippen LogP contribution in [0.2, 0.25) is 0 Å². The molecule has 1 aliphatic carbocycles. The van der Waals surface area contributed by atoms with Gasteiger partial charge in [-0.1, -0.05) is 22.6 Å². The van der Waals surface area contributed by atoms with Gasteiger partial charge in [-0.2, -0.15) is 0 Å². The maximum absolute atomic E-state index is 13.4. The van der Waals surface area contributed by atoms with Gasteiger partial charge in [0, 0.05) is 18.9 Å². The van der Waals surface area contributed by atoms with Gasteiger partial charge in [-0.3, -0.25) is 4.90 Å². The first-order valence-corrected chi connectivity index (χ1v) is 7.11. The highest BCUT2D eigenvalue weighted by Gasteiger charge is 2.55. The molecule has 1 spiro atoms. The fourth-order valence-electron chi connectivity index (χ4n) is 3.13. The van der Waals surface area contributed by atoms with Gasteiger partial charge in [0.15, 0.2) is 0 Å². The summed E-state index contributed by atoms with van der Waals surface area (Å²) in [5, 5.41) is 0. The van der Waals surface area contributed by atoms with Crippen LogP contribution in [-0.2, 0) is 0 Å². The second kappa shape index (κ2) is 4.31. The van der Waals surface area contributed by atoms with Crippen LogP contribution in [0.1, 0.15) is 32.6 Å². The number of alkyl halides is 3. The van der Waals surface area contributed by atoms with Gasteiger partial charge < -0.3 is 5.73 Å². The minimum atomic E-state index is -2.53. The highest BCUT2D eigenvalue weighted by atomic mass is 127. The van der Waals surface area contributed by atoms with Gasteiger partial charge in [0.05, 0.1) is 4.05 Å². The van der Waals surface area contributed by atoms with E-state index in [2.05, 4.69) is 34.4 Å². The molecule has 1 saturated carbocycles. The summed E-state index contributed by atoms with van der Waals surface area (Å²) < 4.78 is 27.2. The molecule has 2 aliphatic rings. The highest BCUT2D eigenvalue weighted by Crippen LogP contribution is 2.52. The number of piperidine rings is 1. The molecule has 1 saturated heterocycles. The van der Waals surface area contributed by atoms with Crippen LogP contribution in [0.4, 0.5) is 8.78 Å². The molecule has 0 bridgehead atoms. The van der Waals surface area contributed by atoms with Gasteiger partial charge in [0.25, 0.3) is 0 Å². The van der Waals surface area contributed by atoms with Crippen LogP contribution < -0.4 is 5.73 Å². The number of halogens is 3. The first-order valence-electron chi connectivity index (χ1n) is 5.86. The summed E-state index contributed by atoms with van der Waals surface area (Å²) in [5.41, 5.74) is 5.66. The lowest BCUT2D eigenvalue weighted by Gasteiger charge is -2.42. The molecular weight excluding hydrogens is 325 g/mol. The average molecular weight is 344 g/mol. The third-order valence-corrected chi connectivity index (χ3v) is 5.00. The van der Waals surface area contributed by atoms with Crippen LogP contribution in [0.15, 0.2) is 0 Å². The highest BCUT2D eigenvalue weighted by molar-refractivity contribution is 14.1. The Morgan fingerprint density at radius 2 is 1.94 bits per heavy atom. The molecule has 2 rings (SSSR count). The average Bonchev–Trinajstić information content (AvgIpc) is 2.37. The van der Waals surface area contributed by atoms with Gasteiger partial charge in [-0.25, -0.2) is 8.78 Å².